The zero-order valence-corrected chi connectivity index (χ0v) is 14.9. The number of benzene rings is 1. The third-order valence-corrected chi connectivity index (χ3v) is 4.53. The maximum absolute atomic E-state index is 12.0. The molecule has 0 aliphatic heterocycles. The molecule has 2 aromatic heterocycles. The van der Waals surface area contributed by atoms with E-state index in [0.717, 1.165) is 22.0 Å². The highest BCUT2D eigenvalue weighted by atomic mass is 32.1. The Kier molecular flexibility index (Phi) is 4.81. The van der Waals surface area contributed by atoms with Gasteiger partial charge in [-0.25, -0.2) is 4.98 Å². The number of amides is 1. The van der Waals surface area contributed by atoms with Crippen LogP contribution in [0.4, 0.5) is 0 Å². The zero-order valence-electron chi connectivity index (χ0n) is 14.1. The van der Waals surface area contributed by atoms with Gasteiger partial charge in [-0.05, 0) is 32.9 Å². The van der Waals surface area contributed by atoms with E-state index in [4.69, 9.17) is 4.98 Å². The molecule has 0 saturated carbocycles. The van der Waals surface area contributed by atoms with Crippen LogP contribution in [-0.4, -0.2) is 21.5 Å². The fraction of sp³-hybridized carbons (Fsp3) is 0.263. The molecule has 0 saturated heterocycles. The van der Waals surface area contributed by atoms with Crippen LogP contribution in [0.15, 0.2) is 48.0 Å². The van der Waals surface area contributed by atoms with E-state index >= 15 is 0 Å². The van der Waals surface area contributed by atoms with Crippen molar-refractivity contribution in [3.63, 3.8) is 0 Å². The predicted molar refractivity (Wildman–Crippen MR) is 99.0 cm³/mol. The molecule has 3 aromatic rings. The van der Waals surface area contributed by atoms with Crippen molar-refractivity contribution in [3.8, 4) is 22.0 Å². The van der Waals surface area contributed by atoms with E-state index in [1.165, 1.54) is 5.56 Å². The standard InChI is InChI=1S/C19H21N3OS/c1-13(2)20-18(23)11-22-10-4-5-17(22)19-21-16(12-24-19)15-8-6-14(3)7-9-15/h4-10,12-13H,11H2,1-3H3,(H,20,23). The monoisotopic (exact) mass is 339 g/mol. The molecule has 3 rings (SSSR count). The molecule has 0 spiro atoms. The first-order valence-electron chi connectivity index (χ1n) is 8.00. The van der Waals surface area contributed by atoms with E-state index in [1.807, 2.05) is 36.7 Å². The Bertz CT molecular complexity index is 830. The van der Waals surface area contributed by atoms with Gasteiger partial charge in [-0.3, -0.25) is 4.79 Å². The summed E-state index contributed by atoms with van der Waals surface area (Å²) in [6, 6.07) is 12.4. The van der Waals surface area contributed by atoms with Crippen molar-refractivity contribution < 1.29 is 4.79 Å². The van der Waals surface area contributed by atoms with Crippen LogP contribution in [-0.2, 0) is 11.3 Å². The Hall–Kier alpha value is -2.40. The fourth-order valence-corrected chi connectivity index (χ4v) is 3.39. The summed E-state index contributed by atoms with van der Waals surface area (Å²) in [6.07, 6.45) is 1.92. The lowest BCUT2D eigenvalue weighted by Crippen LogP contribution is -2.33. The second-order valence-electron chi connectivity index (χ2n) is 6.15. The summed E-state index contributed by atoms with van der Waals surface area (Å²) in [4.78, 5) is 16.8. The van der Waals surface area contributed by atoms with E-state index in [-0.39, 0.29) is 11.9 Å². The van der Waals surface area contributed by atoms with Gasteiger partial charge in [0.15, 0.2) is 0 Å². The lowest BCUT2D eigenvalue weighted by molar-refractivity contribution is -0.122. The lowest BCUT2D eigenvalue weighted by Gasteiger charge is -2.10. The first-order chi connectivity index (χ1) is 11.5. The van der Waals surface area contributed by atoms with Crippen LogP contribution in [0, 0.1) is 6.92 Å². The van der Waals surface area contributed by atoms with Crippen molar-refractivity contribution in [3.05, 3.63) is 53.5 Å². The first kappa shape index (κ1) is 16.5. The van der Waals surface area contributed by atoms with Crippen LogP contribution in [0.25, 0.3) is 22.0 Å². The Morgan fingerprint density at radius 3 is 2.71 bits per heavy atom. The quantitative estimate of drug-likeness (QED) is 0.760. The molecular formula is C19H21N3OS. The van der Waals surface area contributed by atoms with Gasteiger partial charge in [0, 0.05) is 23.2 Å². The number of thiazole rings is 1. The average Bonchev–Trinajstić information content (AvgIpc) is 3.16. The summed E-state index contributed by atoms with van der Waals surface area (Å²) >= 11 is 1.60. The Morgan fingerprint density at radius 2 is 2.00 bits per heavy atom. The molecular weight excluding hydrogens is 318 g/mol. The Labute approximate surface area is 146 Å². The summed E-state index contributed by atoms with van der Waals surface area (Å²) in [7, 11) is 0. The van der Waals surface area contributed by atoms with Gasteiger partial charge in [-0.1, -0.05) is 29.8 Å². The van der Waals surface area contributed by atoms with Crippen molar-refractivity contribution >= 4 is 17.2 Å². The van der Waals surface area contributed by atoms with Crippen LogP contribution in [0.1, 0.15) is 19.4 Å². The highest BCUT2D eigenvalue weighted by Gasteiger charge is 2.12. The van der Waals surface area contributed by atoms with Gasteiger partial charge < -0.3 is 9.88 Å². The minimum atomic E-state index is 0.0118. The molecule has 0 radical (unpaired) electrons. The van der Waals surface area contributed by atoms with Crippen molar-refractivity contribution in [2.45, 2.75) is 33.4 Å². The molecule has 0 fully saturated rings. The molecule has 24 heavy (non-hydrogen) atoms. The highest BCUT2D eigenvalue weighted by Crippen LogP contribution is 2.29. The minimum absolute atomic E-state index is 0.0118. The molecule has 4 nitrogen and oxygen atoms in total. The number of carbonyl (C=O) groups is 1. The largest absolute Gasteiger partial charge is 0.352 e. The van der Waals surface area contributed by atoms with Crippen LogP contribution in [0.5, 0.6) is 0 Å². The maximum Gasteiger partial charge on any atom is 0.240 e. The van der Waals surface area contributed by atoms with Crippen molar-refractivity contribution in [1.29, 1.82) is 0 Å². The normalized spacial score (nSPS) is 11.0. The number of nitrogens with zero attached hydrogens (tertiary/aromatic N) is 2. The summed E-state index contributed by atoms with van der Waals surface area (Å²) < 4.78 is 1.94. The van der Waals surface area contributed by atoms with Gasteiger partial charge in [-0.15, -0.1) is 11.3 Å². The number of hydrogen-bond acceptors (Lipinski definition) is 3. The van der Waals surface area contributed by atoms with Crippen molar-refractivity contribution in [2.24, 2.45) is 0 Å². The smallest absolute Gasteiger partial charge is 0.240 e. The van der Waals surface area contributed by atoms with E-state index in [2.05, 4.69) is 41.9 Å². The molecule has 0 bridgehead atoms. The number of carbonyl (C=O) groups excluding carboxylic acids is 1. The molecule has 0 atom stereocenters. The number of nitrogens with one attached hydrogen (secondary N) is 1. The van der Waals surface area contributed by atoms with Gasteiger partial charge in [0.05, 0.1) is 11.4 Å². The third-order valence-electron chi connectivity index (χ3n) is 3.66. The van der Waals surface area contributed by atoms with E-state index < -0.39 is 0 Å². The predicted octanol–water partition coefficient (Wildman–Crippen LogP) is 4.11. The highest BCUT2D eigenvalue weighted by molar-refractivity contribution is 7.13. The number of rotatable bonds is 5. The molecule has 0 aliphatic rings. The van der Waals surface area contributed by atoms with Crippen LogP contribution >= 0.6 is 11.3 Å². The molecule has 0 aliphatic carbocycles. The van der Waals surface area contributed by atoms with Crippen molar-refractivity contribution in [2.75, 3.05) is 0 Å². The van der Waals surface area contributed by atoms with Crippen LogP contribution in [0.3, 0.4) is 0 Å². The Morgan fingerprint density at radius 1 is 1.25 bits per heavy atom. The number of hydrogen-bond donors (Lipinski definition) is 1. The van der Waals surface area contributed by atoms with E-state index in [0.29, 0.717) is 6.54 Å². The van der Waals surface area contributed by atoms with Gasteiger partial charge in [-0.2, -0.15) is 0 Å². The van der Waals surface area contributed by atoms with E-state index in [1.54, 1.807) is 11.3 Å². The van der Waals surface area contributed by atoms with Crippen LogP contribution < -0.4 is 5.32 Å². The molecule has 1 amide bonds. The summed E-state index contributed by atoms with van der Waals surface area (Å²) in [5, 5.41) is 5.90. The maximum atomic E-state index is 12.0. The minimum Gasteiger partial charge on any atom is -0.352 e. The number of aromatic nitrogens is 2. The second kappa shape index (κ2) is 7.01. The second-order valence-corrected chi connectivity index (χ2v) is 7.01. The SMILES string of the molecule is Cc1ccc(-c2csc(-c3cccn3CC(=O)NC(C)C)n2)cc1. The lowest BCUT2D eigenvalue weighted by atomic mass is 10.1. The van der Waals surface area contributed by atoms with Crippen molar-refractivity contribution in [1.82, 2.24) is 14.9 Å². The van der Waals surface area contributed by atoms with E-state index in [9.17, 15) is 4.79 Å². The van der Waals surface area contributed by atoms with Gasteiger partial charge >= 0.3 is 0 Å². The molecule has 124 valence electrons. The topological polar surface area (TPSA) is 46.9 Å². The molecule has 5 heteroatoms. The van der Waals surface area contributed by atoms with Crippen LogP contribution in [0.2, 0.25) is 0 Å². The fourth-order valence-electron chi connectivity index (χ4n) is 2.52. The van der Waals surface area contributed by atoms with Gasteiger partial charge in [0.1, 0.15) is 11.6 Å². The molecule has 2 heterocycles. The zero-order chi connectivity index (χ0) is 17.1. The molecule has 0 unspecified atom stereocenters. The van der Waals surface area contributed by atoms with Gasteiger partial charge in [0.2, 0.25) is 5.91 Å². The number of aryl methyl sites for hydroxylation is 1. The first-order valence-corrected chi connectivity index (χ1v) is 8.88. The summed E-state index contributed by atoms with van der Waals surface area (Å²) in [6.45, 7) is 6.30. The van der Waals surface area contributed by atoms with Gasteiger partial charge in [0.25, 0.3) is 0 Å². The summed E-state index contributed by atoms with van der Waals surface area (Å²) in [5.74, 6) is 0.0118. The Balaban J connectivity index is 1.82. The summed E-state index contributed by atoms with van der Waals surface area (Å²) in [5.41, 5.74) is 4.28. The average molecular weight is 339 g/mol. The third kappa shape index (κ3) is 3.74. The molecule has 1 N–H and O–H groups in total. The molecule has 1 aromatic carbocycles.